The first-order valence-electron chi connectivity index (χ1n) is 5.53. The van der Waals surface area contributed by atoms with E-state index in [9.17, 15) is 0 Å². The zero-order valence-corrected chi connectivity index (χ0v) is 13.1. The zero-order chi connectivity index (χ0) is 13.1. The third-order valence-corrected chi connectivity index (χ3v) is 4.31. The molecule has 2 nitrogen and oxygen atoms in total. The van der Waals surface area contributed by atoms with Gasteiger partial charge in [0.25, 0.3) is 0 Å². The van der Waals surface area contributed by atoms with E-state index >= 15 is 0 Å². The molecule has 0 aliphatic carbocycles. The minimum Gasteiger partial charge on any atom is -0.369 e. The van der Waals surface area contributed by atoms with E-state index in [1.54, 1.807) is 11.3 Å². The molecule has 0 unspecified atom stereocenters. The van der Waals surface area contributed by atoms with Gasteiger partial charge in [-0.3, -0.25) is 0 Å². The fourth-order valence-corrected chi connectivity index (χ4v) is 3.40. The standard InChI is InChI=1S/C13H14BrClN2S/c1-17(8-12-2-3-13(15)18-12)11-5-9(7-16)4-10(14)6-11/h2-6H,7-8,16H2,1H3. The lowest BCUT2D eigenvalue weighted by atomic mass is 10.2. The Morgan fingerprint density at radius 2 is 2.11 bits per heavy atom. The first-order valence-corrected chi connectivity index (χ1v) is 7.52. The van der Waals surface area contributed by atoms with Gasteiger partial charge in [-0.25, -0.2) is 0 Å². The summed E-state index contributed by atoms with van der Waals surface area (Å²) in [5.41, 5.74) is 7.96. The molecular weight excluding hydrogens is 332 g/mol. The topological polar surface area (TPSA) is 29.3 Å². The summed E-state index contributed by atoms with van der Waals surface area (Å²) in [6, 6.07) is 10.2. The highest BCUT2D eigenvalue weighted by atomic mass is 79.9. The molecule has 0 amide bonds. The quantitative estimate of drug-likeness (QED) is 0.897. The second kappa shape index (κ2) is 6.06. The Balaban J connectivity index is 2.17. The van der Waals surface area contributed by atoms with Crippen LogP contribution in [0.15, 0.2) is 34.8 Å². The van der Waals surface area contributed by atoms with E-state index in [1.165, 1.54) is 4.88 Å². The molecule has 0 fully saturated rings. The summed E-state index contributed by atoms with van der Waals surface area (Å²) in [7, 11) is 2.07. The minimum atomic E-state index is 0.547. The van der Waals surface area contributed by atoms with Crippen LogP contribution < -0.4 is 10.6 Å². The van der Waals surface area contributed by atoms with Crippen molar-refractivity contribution in [3.8, 4) is 0 Å². The van der Waals surface area contributed by atoms with Crippen molar-refractivity contribution in [2.45, 2.75) is 13.1 Å². The molecule has 0 saturated heterocycles. The first kappa shape index (κ1) is 13.9. The molecule has 1 heterocycles. The Hall–Kier alpha value is -0.550. The summed E-state index contributed by atoms with van der Waals surface area (Å²) in [5.74, 6) is 0. The van der Waals surface area contributed by atoms with Crippen LogP contribution in [0.25, 0.3) is 0 Å². The van der Waals surface area contributed by atoms with E-state index in [0.29, 0.717) is 6.54 Å². The smallest absolute Gasteiger partial charge is 0.0931 e. The van der Waals surface area contributed by atoms with Gasteiger partial charge in [0.2, 0.25) is 0 Å². The summed E-state index contributed by atoms with van der Waals surface area (Å²) in [6.45, 7) is 1.39. The van der Waals surface area contributed by atoms with Crippen molar-refractivity contribution in [3.63, 3.8) is 0 Å². The largest absolute Gasteiger partial charge is 0.369 e. The van der Waals surface area contributed by atoms with Gasteiger partial charge in [0.1, 0.15) is 0 Å². The van der Waals surface area contributed by atoms with Crippen LogP contribution >= 0.6 is 38.9 Å². The van der Waals surface area contributed by atoms with Crippen LogP contribution in [0.4, 0.5) is 5.69 Å². The maximum Gasteiger partial charge on any atom is 0.0931 e. The molecule has 0 radical (unpaired) electrons. The van der Waals surface area contributed by atoms with Gasteiger partial charge >= 0.3 is 0 Å². The molecule has 18 heavy (non-hydrogen) atoms. The molecule has 0 atom stereocenters. The van der Waals surface area contributed by atoms with Crippen molar-refractivity contribution in [3.05, 3.63) is 49.6 Å². The van der Waals surface area contributed by atoms with Crippen molar-refractivity contribution in [1.29, 1.82) is 0 Å². The molecule has 0 aliphatic rings. The van der Waals surface area contributed by atoms with Gasteiger partial charge < -0.3 is 10.6 Å². The molecule has 0 spiro atoms. The highest BCUT2D eigenvalue weighted by Crippen LogP contribution is 2.26. The molecule has 5 heteroatoms. The van der Waals surface area contributed by atoms with E-state index in [0.717, 1.165) is 26.6 Å². The van der Waals surface area contributed by atoms with Crippen molar-refractivity contribution in [2.24, 2.45) is 5.73 Å². The first-order chi connectivity index (χ1) is 8.58. The van der Waals surface area contributed by atoms with Crippen LogP contribution in [0.3, 0.4) is 0 Å². The Labute approximate surface area is 124 Å². The van der Waals surface area contributed by atoms with E-state index in [-0.39, 0.29) is 0 Å². The molecule has 96 valence electrons. The van der Waals surface area contributed by atoms with E-state index in [2.05, 4.69) is 46.1 Å². The van der Waals surface area contributed by atoms with E-state index in [4.69, 9.17) is 17.3 Å². The summed E-state index contributed by atoms with van der Waals surface area (Å²) in [5, 5.41) is 0. The fourth-order valence-electron chi connectivity index (χ4n) is 1.73. The summed E-state index contributed by atoms with van der Waals surface area (Å²) < 4.78 is 1.88. The number of anilines is 1. The molecule has 2 rings (SSSR count). The minimum absolute atomic E-state index is 0.547. The number of nitrogens with two attached hydrogens (primary N) is 1. The number of hydrogen-bond acceptors (Lipinski definition) is 3. The second-order valence-corrected chi connectivity index (χ2v) is 6.80. The monoisotopic (exact) mass is 344 g/mol. The lowest BCUT2D eigenvalue weighted by molar-refractivity contribution is 0.934. The number of halogens is 2. The number of rotatable bonds is 4. The molecule has 0 aliphatic heterocycles. The number of thiophene rings is 1. The summed E-state index contributed by atoms with van der Waals surface area (Å²) in [4.78, 5) is 3.43. The number of hydrogen-bond donors (Lipinski definition) is 1. The predicted octanol–water partition coefficient (Wildman–Crippen LogP) is 4.26. The van der Waals surface area contributed by atoms with Crippen LogP contribution in [0, 0.1) is 0 Å². The highest BCUT2D eigenvalue weighted by Gasteiger charge is 2.06. The highest BCUT2D eigenvalue weighted by molar-refractivity contribution is 9.10. The molecule has 2 aromatic rings. The second-order valence-electron chi connectivity index (χ2n) is 4.08. The van der Waals surface area contributed by atoms with Gasteiger partial charge in [-0.2, -0.15) is 0 Å². The molecular formula is C13H14BrClN2S. The van der Waals surface area contributed by atoms with Gasteiger partial charge in [0.05, 0.1) is 10.9 Å². The Kier molecular flexibility index (Phi) is 4.67. The fraction of sp³-hybridized carbons (Fsp3) is 0.231. The molecule has 0 bridgehead atoms. The molecule has 2 N–H and O–H groups in total. The number of benzene rings is 1. The maximum absolute atomic E-state index is 5.94. The van der Waals surface area contributed by atoms with Crippen molar-refractivity contribution in [1.82, 2.24) is 0 Å². The Bertz CT molecular complexity index is 542. The van der Waals surface area contributed by atoms with Gasteiger partial charge in [-0.1, -0.05) is 27.5 Å². The van der Waals surface area contributed by atoms with Crippen LogP contribution in [-0.2, 0) is 13.1 Å². The SMILES string of the molecule is CN(Cc1ccc(Cl)s1)c1cc(Br)cc(CN)c1. The third kappa shape index (κ3) is 3.48. The number of nitrogens with zero attached hydrogens (tertiary/aromatic N) is 1. The van der Waals surface area contributed by atoms with E-state index < -0.39 is 0 Å². The van der Waals surface area contributed by atoms with Crippen LogP contribution in [0.5, 0.6) is 0 Å². The average Bonchev–Trinajstić information content (AvgIpc) is 2.73. The van der Waals surface area contributed by atoms with Crippen molar-refractivity contribution >= 4 is 44.6 Å². The third-order valence-electron chi connectivity index (χ3n) is 2.64. The van der Waals surface area contributed by atoms with Crippen LogP contribution in [0.1, 0.15) is 10.4 Å². The van der Waals surface area contributed by atoms with Crippen LogP contribution in [-0.4, -0.2) is 7.05 Å². The molecule has 0 saturated carbocycles. The van der Waals surface area contributed by atoms with Gasteiger partial charge in [0.15, 0.2) is 0 Å². The van der Waals surface area contributed by atoms with Crippen molar-refractivity contribution in [2.75, 3.05) is 11.9 Å². The maximum atomic E-state index is 5.94. The summed E-state index contributed by atoms with van der Waals surface area (Å²) >= 11 is 11.1. The molecule has 1 aromatic carbocycles. The van der Waals surface area contributed by atoms with E-state index in [1.807, 2.05) is 12.1 Å². The van der Waals surface area contributed by atoms with Gasteiger partial charge in [-0.15, -0.1) is 11.3 Å². The Morgan fingerprint density at radius 3 is 2.72 bits per heavy atom. The average molecular weight is 346 g/mol. The van der Waals surface area contributed by atoms with Crippen molar-refractivity contribution < 1.29 is 0 Å². The predicted molar refractivity (Wildman–Crippen MR) is 83.5 cm³/mol. The van der Waals surface area contributed by atoms with Crippen LogP contribution in [0.2, 0.25) is 4.34 Å². The summed E-state index contributed by atoms with van der Waals surface area (Å²) in [6.07, 6.45) is 0. The van der Waals surface area contributed by atoms with Gasteiger partial charge in [-0.05, 0) is 35.9 Å². The molecule has 1 aromatic heterocycles. The van der Waals surface area contributed by atoms with Gasteiger partial charge in [0, 0.05) is 28.6 Å². The normalized spacial score (nSPS) is 10.7. The zero-order valence-electron chi connectivity index (χ0n) is 9.99. The Morgan fingerprint density at radius 1 is 1.33 bits per heavy atom. The lowest BCUT2D eigenvalue weighted by Crippen LogP contribution is -2.16. The lowest BCUT2D eigenvalue weighted by Gasteiger charge is -2.19.